The maximum Gasteiger partial charge on any atom is 0.144 e. The first-order valence-electron chi connectivity index (χ1n) is 4.42. The minimum absolute atomic E-state index is 0.833. The molecule has 13 heavy (non-hydrogen) atoms. The molecule has 0 amide bonds. The van der Waals surface area contributed by atoms with Crippen molar-refractivity contribution < 1.29 is 0 Å². The Balaban J connectivity index is 2.59. The highest BCUT2D eigenvalue weighted by atomic mass is 15.1. The lowest BCUT2D eigenvalue weighted by Crippen LogP contribution is -2.12. The fourth-order valence-corrected chi connectivity index (χ4v) is 1.03. The molecule has 4 heteroatoms. The van der Waals surface area contributed by atoms with Crippen molar-refractivity contribution in [3.63, 3.8) is 0 Å². The summed E-state index contributed by atoms with van der Waals surface area (Å²) in [6.45, 7) is 3.75. The molecule has 1 N–H and O–H groups in total. The maximum atomic E-state index is 4.27. The van der Waals surface area contributed by atoms with Crippen LogP contribution in [0.25, 0.3) is 0 Å². The molecule has 0 saturated heterocycles. The molecule has 0 aliphatic heterocycles. The Morgan fingerprint density at radius 3 is 2.54 bits per heavy atom. The summed E-state index contributed by atoms with van der Waals surface area (Å²) < 4.78 is 0. The average molecular weight is 180 g/mol. The van der Waals surface area contributed by atoms with Crippen molar-refractivity contribution >= 4 is 5.82 Å². The van der Waals surface area contributed by atoms with Crippen LogP contribution >= 0.6 is 0 Å². The summed E-state index contributed by atoms with van der Waals surface area (Å²) in [4.78, 5) is 10.6. The van der Waals surface area contributed by atoms with E-state index in [0.717, 1.165) is 24.6 Å². The van der Waals surface area contributed by atoms with Crippen LogP contribution in [0.15, 0.2) is 12.4 Å². The van der Waals surface area contributed by atoms with E-state index in [1.54, 1.807) is 12.4 Å². The Bertz CT molecular complexity index is 242. The van der Waals surface area contributed by atoms with Crippen LogP contribution in [0.2, 0.25) is 0 Å². The van der Waals surface area contributed by atoms with E-state index in [-0.39, 0.29) is 0 Å². The van der Waals surface area contributed by atoms with Crippen LogP contribution in [0.5, 0.6) is 0 Å². The molecule has 0 fully saturated rings. The van der Waals surface area contributed by atoms with E-state index in [1.165, 1.54) is 0 Å². The zero-order valence-corrected chi connectivity index (χ0v) is 8.41. The molecule has 0 spiro atoms. The van der Waals surface area contributed by atoms with Crippen molar-refractivity contribution in [1.82, 2.24) is 14.9 Å². The van der Waals surface area contributed by atoms with Crippen LogP contribution in [0.3, 0.4) is 0 Å². The highest BCUT2D eigenvalue weighted by Crippen LogP contribution is 2.01. The summed E-state index contributed by atoms with van der Waals surface area (Å²) >= 11 is 0. The van der Waals surface area contributed by atoms with Gasteiger partial charge in [-0.15, -0.1) is 0 Å². The van der Waals surface area contributed by atoms with Gasteiger partial charge in [-0.3, -0.25) is 4.98 Å². The standard InChI is InChI=1S/C9H16N4/c1-4-10-9-6-11-8(5-12-9)7-13(2)3/h5-6H,4,7H2,1-3H3,(H,10,12). The van der Waals surface area contributed by atoms with Crippen LogP contribution in [0.1, 0.15) is 12.6 Å². The number of hydrogen-bond acceptors (Lipinski definition) is 4. The lowest BCUT2D eigenvalue weighted by Gasteiger charge is -2.08. The summed E-state index contributed by atoms with van der Waals surface area (Å²) in [6.07, 6.45) is 3.57. The van der Waals surface area contributed by atoms with E-state index in [2.05, 4.69) is 20.2 Å². The molecule has 72 valence electrons. The molecule has 1 aromatic rings. The van der Waals surface area contributed by atoms with Gasteiger partial charge < -0.3 is 10.2 Å². The number of nitrogens with one attached hydrogen (secondary N) is 1. The third-order valence-corrected chi connectivity index (χ3v) is 1.54. The highest BCUT2D eigenvalue weighted by Gasteiger charge is 1.97. The predicted octanol–water partition coefficient (Wildman–Crippen LogP) is 0.970. The third kappa shape index (κ3) is 3.38. The summed E-state index contributed by atoms with van der Waals surface area (Å²) in [6, 6.07) is 0. The van der Waals surface area contributed by atoms with E-state index in [1.807, 2.05) is 21.0 Å². The molecule has 0 aliphatic carbocycles. The molecule has 0 aliphatic rings. The fourth-order valence-electron chi connectivity index (χ4n) is 1.03. The fraction of sp³-hybridized carbons (Fsp3) is 0.556. The number of nitrogens with zero attached hydrogens (tertiary/aromatic N) is 3. The Morgan fingerprint density at radius 1 is 1.31 bits per heavy atom. The van der Waals surface area contributed by atoms with Gasteiger partial charge in [-0.05, 0) is 21.0 Å². The van der Waals surface area contributed by atoms with E-state index in [4.69, 9.17) is 0 Å². The topological polar surface area (TPSA) is 41.1 Å². The normalized spacial score (nSPS) is 10.5. The van der Waals surface area contributed by atoms with Crippen molar-refractivity contribution in [1.29, 1.82) is 0 Å². The molecule has 0 aromatic carbocycles. The monoisotopic (exact) mass is 180 g/mol. The average Bonchev–Trinajstić information content (AvgIpc) is 2.08. The van der Waals surface area contributed by atoms with Gasteiger partial charge in [-0.2, -0.15) is 0 Å². The molecule has 1 rings (SSSR count). The van der Waals surface area contributed by atoms with Crippen LogP contribution in [-0.4, -0.2) is 35.5 Å². The number of aromatic nitrogens is 2. The first-order valence-corrected chi connectivity index (χ1v) is 4.42. The van der Waals surface area contributed by atoms with Gasteiger partial charge in [0.25, 0.3) is 0 Å². The van der Waals surface area contributed by atoms with Crippen LogP contribution in [-0.2, 0) is 6.54 Å². The van der Waals surface area contributed by atoms with Gasteiger partial charge in [0, 0.05) is 13.1 Å². The molecule has 1 aromatic heterocycles. The SMILES string of the molecule is CCNc1cnc(CN(C)C)cn1. The van der Waals surface area contributed by atoms with E-state index < -0.39 is 0 Å². The largest absolute Gasteiger partial charge is 0.369 e. The van der Waals surface area contributed by atoms with Gasteiger partial charge in [0.1, 0.15) is 5.82 Å². The first-order chi connectivity index (χ1) is 6.22. The minimum atomic E-state index is 0.833. The predicted molar refractivity (Wildman–Crippen MR) is 53.6 cm³/mol. The Hall–Kier alpha value is -1.16. The van der Waals surface area contributed by atoms with E-state index in [9.17, 15) is 0 Å². The second-order valence-corrected chi connectivity index (χ2v) is 3.16. The second-order valence-electron chi connectivity index (χ2n) is 3.16. The van der Waals surface area contributed by atoms with Gasteiger partial charge >= 0.3 is 0 Å². The van der Waals surface area contributed by atoms with Crippen molar-refractivity contribution in [2.24, 2.45) is 0 Å². The molecule has 0 saturated carbocycles. The molecule has 1 heterocycles. The van der Waals surface area contributed by atoms with Crippen LogP contribution in [0.4, 0.5) is 5.82 Å². The summed E-state index contributed by atoms with van der Waals surface area (Å²) in [5.41, 5.74) is 0.992. The van der Waals surface area contributed by atoms with Crippen molar-refractivity contribution in [3.05, 3.63) is 18.1 Å². The van der Waals surface area contributed by atoms with Crippen molar-refractivity contribution in [3.8, 4) is 0 Å². The maximum absolute atomic E-state index is 4.27. The van der Waals surface area contributed by atoms with Crippen molar-refractivity contribution in [2.45, 2.75) is 13.5 Å². The molecular formula is C9H16N4. The Labute approximate surface area is 79.0 Å². The lowest BCUT2D eigenvalue weighted by atomic mass is 10.4. The van der Waals surface area contributed by atoms with Gasteiger partial charge in [0.05, 0.1) is 18.1 Å². The molecule has 0 radical (unpaired) electrons. The van der Waals surface area contributed by atoms with Gasteiger partial charge in [-0.1, -0.05) is 0 Å². The zero-order chi connectivity index (χ0) is 9.68. The second kappa shape index (κ2) is 4.77. The Morgan fingerprint density at radius 2 is 2.08 bits per heavy atom. The molecule has 0 unspecified atom stereocenters. The van der Waals surface area contributed by atoms with Crippen LogP contribution in [0, 0.1) is 0 Å². The minimum Gasteiger partial charge on any atom is -0.369 e. The number of anilines is 1. The number of hydrogen-bond donors (Lipinski definition) is 1. The van der Waals surface area contributed by atoms with Gasteiger partial charge in [0.2, 0.25) is 0 Å². The first kappa shape index (κ1) is 9.92. The quantitative estimate of drug-likeness (QED) is 0.749. The van der Waals surface area contributed by atoms with Crippen molar-refractivity contribution in [2.75, 3.05) is 26.0 Å². The van der Waals surface area contributed by atoms with Gasteiger partial charge in [0.15, 0.2) is 0 Å². The van der Waals surface area contributed by atoms with Crippen LogP contribution < -0.4 is 5.32 Å². The number of rotatable bonds is 4. The molecule has 0 bridgehead atoms. The smallest absolute Gasteiger partial charge is 0.144 e. The highest BCUT2D eigenvalue weighted by molar-refractivity contribution is 5.30. The zero-order valence-electron chi connectivity index (χ0n) is 8.41. The Kier molecular flexibility index (Phi) is 3.64. The van der Waals surface area contributed by atoms with Gasteiger partial charge in [-0.25, -0.2) is 4.98 Å². The summed E-state index contributed by atoms with van der Waals surface area (Å²) in [5.74, 6) is 0.838. The summed E-state index contributed by atoms with van der Waals surface area (Å²) in [5, 5.41) is 3.10. The third-order valence-electron chi connectivity index (χ3n) is 1.54. The molecular weight excluding hydrogens is 164 g/mol. The molecule has 4 nitrogen and oxygen atoms in total. The van der Waals surface area contributed by atoms with E-state index in [0.29, 0.717) is 0 Å². The lowest BCUT2D eigenvalue weighted by molar-refractivity contribution is 0.396. The summed E-state index contributed by atoms with van der Waals surface area (Å²) in [7, 11) is 4.03. The van der Waals surface area contributed by atoms with E-state index >= 15 is 0 Å². The molecule has 0 atom stereocenters.